The van der Waals surface area contributed by atoms with E-state index < -0.39 is 0 Å². The molecule has 0 aromatic carbocycles. The minimum atomic E-state index is -0.347. The fourth-order valence-corrected chi connectivity index (χ4v) is 4.91. The van der Waals surface area contributed by atoms with Crippen molar-refractivity contribution in [3.8, 4) is 0 Å². The third-order valence-corrected chi connectivity index (χ3v) is 5.84. The highest BCUT2D eigenvalue weighted by Crippen LogP contribution is 2.34. The average Bonchev–Trinajstić information content (AvgIpc) is 2.77. The third-order valence-electron chi connectivity index (χ3n) is 5.84. The van der Waals surface area contributed by atoms with Gasteiger partial charge in [-0.15, -0.1) is 0 Å². The molecule has 0 aromatic heterocycles. The Hall–Kier alpha value is -0.610. The molecule has 120 valence electrons. The number of aliphatic hydroxyl groups excluding tert-OH is 1. The first-order valence-electron chi connectivity index (χ1n) is 8.76. The monoisotopic (exact) mass is 294 g/mol. The third kappa shape index (κ3) is 3.59. The van der Waals surface area contributed by atoms with E-state index in [9.17, 15) is 9.90 Å². The Bertz CT molecular complexity index is 375. The molecule has 4 atom stereocenters. The standard InChI is InChI=1S/C17H30N2O2/c1-12-3-2-6-17(10-12,11-20)19-16(21)9-13-7-14-4-5-15(8-13)18-14/h12-15,18,20H,2-11H2,1H3,(H,19,21). The normalized spacial score (nSPS) is 42.8. The first kappa shape index (κ1) is 15.3. The van der Waals surface area contributed by atoms with E-state index in [0.717, 1.165) is 32.1 Å². The lowest BCUT2D eigenvalue weighted by atomic mass is 9.76. The van der Waals surface area contributed by atoms with Crippen molar-refractivity contribution >= 4 is 5.91 Å². The van der Waals surface area contributed by atoms with Gasteiger partial charge in [0.15, 0.2) is 0 Å². The Labute approximate surface area is 128 Å². The van der Waals surface area contributed by atoms with Crippen LogP contribution >= 0.6 is 0 Å². The average molecular weight is 294 g/mol. The van der Waals surface area contributed by atoms with Crippen LogP contribution < -0.4 is 10.6 Å². The zero-order chi connectivity index (χ0) is 14.9. The summed E-state index contributed by atoms with van der Waals surface area (Å²) in [5.41, 5.74) is -0.347. The lowest BCUT2D eigenvalue weighted by Crippen LogP contribution is -2.54. The molecule has 0 aromatic rings. The summed E-state index contributed by atoms with van der Waals surface area (Å²) in [4.78, 5) is 12.4. The number of piperidine rings is 1. The van der Waals surface area contributed by atoms with Crippen LogP contribution in [0, 0.1) is 11.8 Å². The number of carbonyl (C=O) groups is 1. The molecule has 2 bridgehead atoms. The van der Waals surface area contributed by atoms with Gasteiger partial charge in [0.05, 0.1) is 12.1 Å². The van der Waals surface area contributed by atoms with Gasteiger partial charge < -0.3 is 15.7 Å². The van der Waals surface area contributed by atoms with Gasteiger partial charge in [0.2, 0.25) is 5.91 Å². The van der Waals surface area contributed by atoms with E-state index in [4.69, 9.17) is 0 Å². The molecule has 2 saturated heterocycles. The zero-order valence-electron chi connectivity index (χ0n) is 13.2. The van der Waals surface area contributed by atoms with E-state index in [1.807, 2.05) is 0 Å². The maximum atomic E-state index is 12.4. The first-order valence-corrected chi connectivity index (χ1v) is 8.76. The maximum Gasteiger partial charge on any atom is 0.220 e. The topological polar surface area (TPSA) is 61.4 Å². The second kappa shape index (κ2) is 6.25. The van der Waals surface area contributed by atoms with E-state index in [0.29, 0.717) is 30.3 Å². The predicted octanol–water partition coefficient (Wildman–Crippen LogP) is 1.96. The molecular formula is C17H30N2O2. The summed E-state index contributed by atoms with van der Waals surface area (Å²) in [6, 6.07) is 1.28. The second-order valence-corrected chi connectivity index (χ2v) is 7.87. The van der Waals surface area contributed by atoms with Crippen LogP contribution in [0.3, 0.4) is 0 Å². The van der Waals surface area contributed by atoms with Gasteiger partial charge in [0.1, 0.15) is 0 Å². The molecule has 0 spiro atoms. The Kier molecular flexibility index (Phi) is 4.55. The summed E-state index contributed by atoms with van der Waals surface area (Å²) in [6.07, 6.45) is 9.67. The maximum absolute atomic E-state index is 12.4. The number of aliphatic hydroxyl groups is 1. The Morgan fingerprint density at radius 1 is 1.29 bits per heavy atom. The molecule has 0 radical (unpaired) electrons. The predicted molar refractivity (Wildman–Crippen MR) is 82.9 cm³/mol. The largest absolute Gasteiger partial charge is 0.394 e. The summed E-state index contributed by atoms with van der Waals surface area (Å²) in [5, 5.41) is 16.6. The van der Waals surface area contributed by atoms with Crippen LogP contribution in [0.2, 0.25) is 0 Å². The molecule has 1 saturated carbocycles. The number of amides is 1. The number of rotatable bonds is 4. The highest BCUT2D eigenvalue weighted by Gasteiger charge is 2.38. The van der Waals surface area contributed by atoms with Crippen molar-refractivity contribution in [2.45, 2.75) is 82.3 Å². The summed E-state index contributed by atoms with van der Waals surface area (Å²) in [7, 11) is 0. The zero-order valence-corrected chi connectivity index (χ0v) is 13.2. The molecule has 2 aliphatic heterocycles. The molecule has 1 aliphatic carbocycles. The molecule has 3 fully saturated rings. The number of hydrogen-bond donors (Lipinski definition) is 3. The lowest BCUT2D eigenvalue weighted by molar-refractivity contribution is -0.125. The molecule has 2 heterocycles. The van der Waals surface area contributed by atoms with E-state index in [1.165, 1.54) is 19.3 Å². The molecule has 4 unspecified atom stereocenters. The fraction of sp³-hybridized carbons (Fsp3) is 0.941. The molecule has 21 heavy (non-hydrogen) atoms. The van der Waals surface area contributed by atoms with Gasteiger partial charge in [-0.05, 0) is 50.4 Å². The van der Waals surface area contributed by atoms with Gasteiger partial charge in [-0.1, -0.05) is 19.8 Å². The second-order valence-electron chi connectivity index (χ2n) is 7.87. The smallest absolute Gasteiger partial charge is 0.220 e. The summed E-state index contributed by atoms with van der Waals surface area (Å²) in [5.74, 6) is 1.28. The van der Waals surface area contributed by atoms with E-state index >= 15 is 0 Å². The van der Waals surface area contributed by atoms with Crippen molar-refractivity contribution in [1.82, 2.24) is 10.6 Å². The summed E-state index contributed by atoms with van der Waals surface area (Å²) >= 11 is 0. The SMILES string of the molecule is CC1CCCC(CO)(NC(=O)CC2CC3CCC(C2)N3)C1. The molecule has 4 nitrogen and oxygen atoms in total. The fourth-order valence-electron chi connectivity index (χ4n) is 4.91. The van der Waals surface area contributed by atoms with Crippen LogP contribution in [-0.4, -0.2) is 35.2 Å². The van der Waals surface area contributed by atoms with Crippen molar-refractivity contribution in [3.63, 3.8) is 0 Å². The van der Waals surface area contributed by atoms with Gasteiger partial charge >= 0.3 is 0 Å². The van der Waals surface area contributed by atoms with Gasteiger partial charge in [0, 0.05) is 18.5 Å². The number of carbonyl (C=O) groups excluding carboxylic acids is 1. The van der Waals surface area contributed by atoms with Crippen molar-refractivity contribution in [1.29, 1.82) is 0 Å². The summed E-state index contributed by atoms with van der Waals surface area (Å²) in [6.45, 7) is 2.31. The van der Waals surface area contributed by atoms with Crippen LogP contribution in [-0.2, 0) is 4.79 Å². The van der Waals surface area contributed by atoms with Gasteiger partial charge in [-0.2, -0.15) is 0 Å². The molecule has 3 N–H and O–H groups in total. The minimum absolute atomic E-state index is 0.0839. The minimum Gasteiger partial charge on any atom is -0.394 e. The number of fused-ring (bicyclic) bond motifs is 2. The van der Waals surface area contributed by atoms with Crippen molar-refractivity contribution in [3.05, 3.63) is 0 Å². The molecule has 4 heteroatoms. The van der Waals surface area contributed by atoms with Crippen LogP contribution in [0.4, 0.5) is 0 Å². The van der Waals surface area contributed by atoms with E-state index in [-0.39, 0.29) is 18.1 Å². The molecule has 3 rings (SSSR count). The van der Waals surface area contributed by atoms with Crippen LogP contribution in [0.15, 0.2) is 0 Å². The van der Waals surface area contributed by atoms with Gasteiger partial charge in [-0.25, -0.2) is 0 Å². The van der Waals surface area contributed by atoms with Crippen molar-refractivity contribution < 1.29 is 9.90 Å². The van der Waals surface area contributed by atoms with Crippen molar-refractivity contribution in [2.24, 2.45) is 11.8 Å². The van der Waals surface area contributed by atoms with E-state index in [2.05, 4.69) is 17.6 Å². The number of hydrogen-bond acceptors (Lipinski definition) is 3. The summed E-state index contributed by atoms with van der Waals surface area (Å²) < 4.78 is 0. The first-order chi connectivity index (χ1) is 10.1. The molecular weight excluding hydrogens is 264 g/mol. The Morgan fingerprint density at radius 2 is 2.00 bits per heavy atom. The number of nitrogens with one attached hydrogen (secondary N) is 2. The van der Waals surface area contributed by atoms with Gasteiger partial charge in [-0.3, -0.25) is 4.79 Å². The van der Waals surface area contributed by atoms with E-state index in [1.54, 1.807) is 0 Å². The molecule has 1 amide bonds. The van der Waals surface area contributed by atoms with Crippen molar-refractivity contribution in [2.75, 3.05) is 6.61 Å². The highest BCUT2D eigenvalue weighted by atomic mass is 16.3. The highest BCUT2D eigenvalue weighted by molar-refractivity contribution is 5.77. The quantitative estimate of drug-likeness (QED) is 0.743. The van der Waals surface area contributed by atoms with Crippen LogP contribution in [0.5, 0.6) is 0 Å². The Morgan fingerprint density at radius 3 is 2.62 bits per heavy atom. The van der Waals surface area contributed by atoms with Crippen LogP contribution in [0.25, 0.3) is 0 Å². The lowest BCUT2D eigenvalue weighted by Gasteiger charge is -2.40. The molecule has 3 aliphatic rings. The van der Waals surface area contributed by atoms with Crippen LogP contribution in [0.1, 0.15) is 64.7 Å². The van der Waals surface area contributed by atoms with Gasteiger partial charge in [0.25, 0.3) is 0 Å². The Balaban J connectivity index is 1.53.